The van der Waals surface area contributed by atoms with E-state index in [1.165, 1.54) is 10.7 Å². The van der Waals surface area contributed by atoms with Crippen LogP contribution >= 0.6 is 0 Å². The van der Waals surface area contributed by atoms with E-state index in [2.05, 4.69) is 10.3 Å². The van der Waals surface area contributed by atoms with Gasteiger partial charge in [0.15, 0.2) is 0 Å². The van der Waals surface area contributed by atoms with Crippen molar-refractivity contribution in [3.8, 4) is 0 Å². The number of benzene rings is 1. The molecular weight excluding hydrogens is 323 g/mol. The molecule has 0 spiro atoms. The van der Waals surface area contributed by atoms with Gasteiger partial charge in [-0.05, 0) is 43.5 Å². The maximum absolute atomic E-state index is 12.9. The molecule has 130 valence electrons. The first-order chi connectivity index (χ1) is 11.3. The molecule has 0 fully saturated rings. The number of carbonyl (C=O) groups is 1. The Labute approximate surface area is 137 Å². The van der Waals surface area contributed by atoms with Crippen LogP contribution in [0.4, 0.5) is 13.2 Å². The predicted molar refractivity (Wildman–Crippen MR) is 80.3 cm³/mol. The molecule has 0 bridgehead atoms. The fourth-order valence-corrected chi connectivity index (χ4v) is 2.31. The van der Waals surface area contributed by atoms with Gasteiger partial charge < -0.3 is 4.74 Å². The van der Waals surface area contributed by atoms with Gasteiger partial charge in [-0.2, -0.15) is 13.2 Å². The van der Waals surface area contributed by atoms with Crippen molar-refractivity contribution >= 4 is 5.97 Å². The Kier molecular flexibility index (Phi) is 5.58. The fraction of sp³-hybridized carbons (Fsp3) is 0.438. The molecule has 1 aromatic heterocycles. The molecule has 24 heavy (non-hydrogen) atoms. The van der Waals surface area contributed by atoms with Crippen LogP contribution in [0, 0.1) is 6.92 Å². The van der Waals surface area contributed by atoms with Gasteiger partial charge in [0.2, 0.25) is 0 Å². The number of halogens is 3. The highest BCUT2D eigenvalue weighted by molar-refractivity contribution is 5.69. The molecule has 0 N–H and O–H groups in total. The van der Waals surface area contributed by atoms with Gasteiger partial charge in [-0.3, -0.25) is 4.79 Å². The van der Waals surface area contributed by atoms with E-state index in [0.29, 0.717) is 23.2 Å². The quantitative estimate of drug-likeness (QED) is 0.758. The highest BCUT2D eigenvalue weighted by atomic mass is 19.4. The van der Waals surface area contributed by atoms with Crippen molar-refractivity contribution in [1.82, 2.24) is 15.0 Å². The second kappa shape index (κ2) is 7.46. The normalized spacial score (nSPS) is 11.5. The summed E-state index contributed by atoms with van der Waals surface area (Å²) in [4.78, 5) is 11.5. The summed E-state index contributed by atoms with van der Waals surface area (Å²) in [6.45, 7) is 3.88. The lowest BCUT2D eigenvalue weighted by atomic mass is 9.99. The molecule has 5 nitrogen and oxygen atoms in total. The lowest BCUT2D eigenvalue weighted by Gasteiger charge is -2.13. The first kappa shape index (κ1) is 18.0. The van der Waals surface area contributed by atoms with Crippen molar-refractivity contribution in [1.29, 1.82) is 0 Å². The fourth-order valence-electron chi connectivity index (χ4n) is 2.31. The van der Waals surface area contributed by atoms with Crippen LogP contribution in [0.2, 0.25) is 0 Å². The number of hydrogen-bond acceptors (Lipinski definition) is 4. The van der Waals surface area contributed by atoms with Gasteiger partial charge in [0, 0.05) is 12.6 Å². The summed E-state index contributed by atoms with van der Waals surface area (Å²) < 4.78 is 45.2. The van der Waals surface area contributed by atoms with Crippen molar-refractivity contribution in [3.05, 3.63) is 46.8 Å². The minimum atomic E-state index is -4.42. The van der Waals surface area contributed by atoms with E-state index in [9.17, 15) is 18.0 Å². The molecule has 0 amide bonds. The average Bonchev–Trinajstić information content (AvgIpc) is 2.90. The molecule has 0 aliphatic rings. The van der Waals surface area contributed by atoms with Gasteiger partial charge in [0.1, 0.15) is 0 Å². The number of carbonyl (C=O) groups excluding carboxylic acids is 1. The molecule has 8 heteroatoms. The van der Waals surface area contributed by atoms with E-state index in [-0.39, 0.29) is 25.5 Å². The van der Waals surface area contributed by atoms with Gasteiger partial charge in [-0.15, -0.1) is 5.10 Å². The molecule has 0 aliphatic heterocycles. The lowest BCUT2D eigenvalue weighted by molar-refractivity contribution is -0.143. The number of aromatic nitrogens is 3. The second-order valence-electron chi connectivity index (χ2n) is 5.34. The Morgan fingerprint density at radius 3 is 2.62 bits per heavy atom. The number of alkyl halides is 3. The molecule has 0 aliphatic carbocycles. The topological polar surface area (TPSA) is 57.0 Å². The number of esters is 1. The summed E-state index contributed by atoms with van der Waals surface area (Å²) >= 11 is 0. The van der Waals surface area contributed by atoms with Gasteiger partial charge >= 0.3 is 12.1 Å². The summed E-state index contributed by atoms with van der Waals surface area (Å²) in [7, 11) is 0. The lowest BCUT2D eigenvalue weighted by Crippen LogP contribution is -2.11. The van der Waals surface area contributed by atoms with Gasteiger partial charge in [-0.25, -0.2) is 4.68 Å². The van der Waals surface area contributed by atoms with E-state index < -0.39 is 11.7 Å². The molecule has 0 radical (unpaired) electrons. The molecule has 0 atom stereocenters. The molecule has 1 aromatic carbocycles. The van der Waals surface area contributed by atoms with E-state index >= 15 is 0 Å². The summed E-state index contributed by atoms with van der Waals surface area (Å²) in [6, 6.07) is 3.52. The Bertz CT molecular complexity index is 711. The first-order valence-electron chi connectivity index (χ1n) is 7.51. The minimum absolute atomic E-state index is 0.114. The summed E-state index contributed by atoms with van der Waals surface area (Å²) in [5.41, 5.74) is 1.06. The number of rotatable bonds is 6. The zero-order valence-corrected chi connectivity index (χ0v) is 13.4. The number of hydrogen-bond donors (Lipinski definition) is 0. The van der Waals surface area contributed by atoms with E-state index in [4.69, 9.17) is 4.74 Å². The average molecular weight is 341 g/mol. The monoisotopic (exact) mass is 341 g/mol. The first-order valence-corrected chi connectivity index (χ1v) is 7.51. The van der Waals surface area contributed by atoms with Crippen molar-refractivity contribution in [3.63, 3.8) is 0 Å². The maximum atomic E-state index is 12.9. The van der Waals surface area contributed by atoms with Crippen LogP contribution in [0.5, 0.6) is 0 Å². The van der Waals surface area contributed by atoms with E-state index in [1.807, 2.05) is 0 Å². The zero-order chi connectivity index (χ0) is 17.7. The molecule has 2 aromatic rings. The third kappa shape index (κ3) is 4.81. The van der Waals surface area contributed by atoms with Crippen LogP contribution in [0.25, 0.3) is 0 Å². The Morgan fingerprint density at radius 2 is 2.04 bits per heavy atom. The third-order valence-corrected chi connectivity index (χ3v) is 3.42. The van der Waals surface area contributed by atoms with Crippen LogP contribution in [0.3, 0.4) is 0 Å². The molecule has 0 saturated carbocycles. The Hall–Kier alpha value is -2.38. The number of aryl methyl sites for hydroxylation is 2. The highest BCUT2D eigenvalue weighted by Gasteiger charge is 2.31. The van der Waals surface area contributed by atoms with Crippen LogP contribution in [0.1, 0.15) is 35.7 Å². The number of nitrogens with zero attached hydrogens (tertiary/aromatic N) is 3. The second-order valence-corrected chi connectivity index (χ2v) is 5.34. The largest absolute Gasteiger partial charge is 0.466 e. The Morgan fingerprint density at radius 1 is 1.29 bits per heavy atom. The predicted octanol–water partition coefficient (Wildman–Crippen LogP) is 3.15. The molecule has 0 saturated heterocycles. The van der Waals surface area contributed by atoms with Crippen molar-refractivity contribution in [2.24, 2.45) is 0 Å². The SMILES string of the molecule is CCOC(=O)CCc1ccc(C(F)(F)F)cc1Cn1cc(C)nn1. The van der Waals surface area contributed by atoms with Gasteiger partial charge in [-0.1, -0.05) is 11.3 Å². The van der Waals surface area contributed by atoms with Crippen molar-refractivity contribution in [2.45, 2.75) is 39.4 Å². The number of ether oxygens (including phenoxy) is 1. The summed E-state index contributed by atoms with van der Waals surface area (Å²) in [5.74, 6) is -0.375. The maximum Gasteiger partial charge on any atom is 0.416 e. The van der Waals surface area contributed by atoms with Crippen LogP contribution in [-0.2, 0) is 28.7 Å². The Balaban J connectivity index is 2.25. The van der Waals surface area contributed by atoms with Crippen LogP contribution in [-0.4, -0.2) is 27.6 Å². The summed E-state index contributed by atoms with van der Waals surface area (Å²) in [5, 5.41) is 7.69. The molecule has 2 rings (SSSR count). The van der Waals surface area contributed by atoms with Gasteiger partial charge in [0.05, 0.1) is 24.4 Å². The minimum Gasteiger partial charge on any atom is -0.466 e. The van der Waals surface area contributed by atoms with Crippen LogP contribution in [0.15, 0.2) is 24.4 Å². The molecular formula is C16H18F3N3O2. The summed E-state index contributed by atoms with van der Waals surface area (Å²) in [6.07, 6.45) is -2.36. The van der Waals surface area contributed by atoms with E-state index in [0.717, 1.165) is 12.1 Å². The zero-order valence-electron chi connectivity index (χ0n) is 13.4. The van der Waals surface area contributed by atoms with E-state index in [1.54, 1.807) is 20.0 Å². The smallest absolute Gasteiger partial charge is 0.416 e. The van der Waals surface area contributed by atoms with Crippen molar-refractivity contribution < 1.29 is 22.7 Å². The van der Waals surface area contributed by atoms with Gasteiger partial charge in [0.25, 0.3) is 0 Å². The molecule has 1 heterocycles. The highest BCUT2D eigenvalue weighted by Crippen LogP contribution is 2.31. The third-order valence-electron chi connectivity index (χ3n) is 3.42. The van der Waals surface area contributed by atoms with Crippen molar-refractivity contribution in [2.75, 3.05) is 6.61 Å². The molecule has 0 unspecified atom stereocenters. The van der Waals surface area contributed by atoms with Crippen LogP contribution < -0.4 is 0 Å². The standard InChI is InChI=1S/C16H18F3N3O2/c1-3-24-15(23)7-5-12-4-6-14(16(17,18)19)8-13(12)10-22-9-11(2)20-21-22/h4,6,8-9H,3,5,7,10H2,1-2H3.